The fraction of sp³-hybridized carbons (Fsp3) is 0.361. The van der Waals surface area contributed by atoms with Gasteiger partial charge in [-0.1, -0.05) is 62.7 Å². The van der Waals surface area contributed by atoms with E-state index in [2.05, 4.69) is 15.6 Å². The van der Waals surface area contributed by atoms with Crippen molar-refractivity contribution in [2.75, 3.05) is 25.5 Å². The van der Waals surface area contributed by atoms with Crippen molar-refractivity contribution in [3.8, 4) is 11.6 Å². The molecule has 0 unspecified atom stereocenters. The average Bonchev–Trinajstić information content (AvgIpc) is 3.48. The Morgan fingerprint density at radius 1 is 0.978 bits per heavy atom. The van der Waals surface area contributed by atoms with Crippen LogP contribution in [0.4, 0.5) is 5.69 Å². The number of pyridine rings is 1. The highest BCUT2D eigenvalue weighted by molar-refractivity contribution is 6.31. The summed E-state index contributed by atoms with van der Waals surface area (Å²) in [7, 11) is 1.60. The van der Waals surface area contributed by atoms with E-state index in [4.69, 9.17) is 21.1 Å². The topological polar surface area (TPSA) is 92.8 Å². The number of carbonyl (C=O) groups excluding carboxylic acids is 2. The highest BCUT2D eigenvalue weighted by Gasteiger charge is 2.38. The minimum atomic E-state index is -0.528. The van der Waals surface area contributed by atoms with Crippen LogP contribution in [0.25, 0.3) is 10.8 Å². The van der Waals surface area contributed by atoms with Crippen molar-refractivity contribution in [1.29, 1.82) is 0 Å². The molecule has 45 heavy (non-hydrogen) atoms. The predicted octanol–water partition coefficient (Wildman–Crippen LogP) is 7.07. The van der Waals surface area contributed by atoms with E-state index < -0.39 is 11.6 Å². The van der Waals surface area contributed by atoms with Crippen LogP contribution in [0.5, 0.6) is 11.6 Å². The van der Waals surface area contributed by atoms with Crippen LogP contribution in [0.1, 0.15) is 57.0 Å². The summed E-state index contributed by atoms with van der Waals surface area (Å²) in [5.41, 5.74) is 1.43. The second-order valence-corrected chi connectivity index (χ2v) is 13.5. The summed E-state index contributed by atoms with van der Waals surface area (Å²) in [6, 6.07) is 22.1. The molecule has 1 aromatic heterocycles. The van der Waals surface area contributed by atoms with Crippen molar-refractivity contribution in [3.63, 3.8) is 0 Å². The molecule has 0 saturated carbocycles. The lowest BCUT2D eigenvalue weighted by Crippen LogP contribution is -2.49. The smallest absolute Gasteiger partial charge is 0.251 e. The van der Waals surface area contributed by atoms with Crippen LogP contribution >= 0.6 is 11.6 Å². The molecule has 1 saturated heterocycles. The number of nitrogens with one attached hydrogen (secondary N) is 2. The van der Waals surface area contributed by atoms with Gasteiger partial charge in [0.05, 0.1) is 25.4 Å². The first-order chi connectivity index (χ1) is 21.4. The van der Waals surface area contributed by atoms with E-state index in [1.165, 1.54) is 0 Å². The van der Waals surface area contributed by atoms with Gasteiger partial charge in [-0.3, -0.25) is 9.59 Å². The molecule has 1 aliphatic heterocycles. The maximum atomic E-state index is 13.9. The predicted molar refractivity (Wildman–Crippen MR) is 179 cm³/mol. The first-order valence-electron chi connectivity index (χ1n) is 15.2. The van der Waals surface area contributed by atoms with Gasteiger partial charge in [-0.15, -0.1) is 0 Å². The van der Waals surface area contributed by atoms with Gasteiger partial charge in [0.25, 0.3) is 5.91 Å². The summed E-state index contributed by atoms with van der Waals surface area (Å²) in [6.45, 7) is 11.1. The Balaban J connectivity index is 1.25. The first kappa shape index (κ1) is 32.1. The van der Waals surface area contributed by atoms with Crippen LogP contribution in [0.2, 0.25) is 5.02 Å². The highest BCUT2D eigenvalue weighted by atomic mass is 35.5. The molecular weight excluding hydrogens is 588 g/mol. The maximum absolute atomic E-state index is 13.9. The van der Waals surface area contributed by atoms with Gasteiger partial charge in [0.2, 0.25) is 11.8 Å². The Hall–Kier alpha value is -4.30. The molecule has 0 aliphatic carbocycles. The van der Waals surface area contributed by atoms with E-state index in [9.17, 15) is 9.59 Å². The summed E-state index contributed by atoms with van der Waals surface area (Å²) in [4.78, 5) is 33.3. The van der Waals surface area contributed by atoms with Crippen LogP contribution in [0.3, 0.4) is 0 Å². The molecule has 0 spiro atoms. The Morgan fingerprint density at radius 2 is 1.69 bits per heavy atom. The number of aromatic nitrogens is 1. The largest absolute Gasteiger partial charge is 0.494 e. The number of rotatable bonds is 9. The number of hydrogen-bond acceptors (Lipinski definition) is 6. The van der Waals surface area contributed by atoms with Crippen molar-refractivity contribution >= 4 is 39.9 Å². The summed E-state index contributed by atoms with van der Waals surface area (Å²) < 4.78 is 11.8. The summed E-state index contributed by atoms with van der Waals surface area (Å²) >= 11 is 6.28. The van der Waals surface area contributed by atoms with Gasteiger partial charge in [0.15, 0.2) is 0 Å². The molecule has 236 valence electrons. The standard InChI is InChI=1S/C36H41ClN4O4/c1-35(2,3)31(39-26-15-12-23(13-16-26)32(42)40-36(4,5)24-10-8-7-9-11-24)34(43)41-19-18-27(22-41)45-33-29-20-25(37)14-17-28(29)30(44-6)21-38-33/h7-17,20-21,27,31,39H,18-19,22H2,1-6H3,(H,40,42)/t27-,31-/m1/s1. The molecule has 2 heterocycles. The lowest BCUT2D eigenvalue weighted by Gasteiger charge is -2.34. The van der Waals surface area contributed by atoms with Crippen molar-refractivity contribution in [2.24, 2.45) is 5.41 Å². The lowest BCUT2D eigenvalue weighted by atomic mass is 9.85. The number of benzene rings is 3. The van der Waals surface area contributed by atoms with Crippen LogP contribution < -0.4 is 20.1 Å². The number of fused-ring (bicyclic) bond motifs is 1. The first-order valence-corrected chi connectivity index (χ1v) is 15.6. The van der Waals surface area contributed by atoms with Crippen molar-refractivity contribution in [1.82, 2.24) is 15.2 Å². The van der Waals surface area contributed by atoms with Gasteiger partial charge < -0.3 is 25.0 Å². The van der Waals surface area contributed by atoms with Crippen LogP contribution in [0, 0.1) is 5.41 Å². The third-order valence-electron chi connectivity index (χ3n) is 8.22. The number of carbonyl (C=O) groups is 2. The van der Waals surface area contributed by atoms with Crippen molar-refractivity contribution in [2.45, 2.75) is 58.7 Å². The van der Waals surface area contributed by atoms with Gasteiger partial charge in [-0.05, 0) is 67.3 Å². The lowest BCUT2D eigenvalue weighted by molar-refractivity contribution is -0.133. The number of ether oxygens (including phenoxy) is 2. The van der Waals surface area contributed by atoms with Gasteiger partial charge in [0.1, 0.15) is 17.9 Å². The molecular formula is C36H41ClN4O4. The zero-order valence-corrected chi connectivity index (χ0v) is 27.4. The maximum Gasteiger partial charge on any atom is 0.251 e. The fourth-order valence-electron chi connectivity index (χ4n) is 5.60. The number of halogens is 1. The van der Waals surface area contributed by atoms with Crippen LogP contribution in [0.15, 0.2) is 79.0 Å². The molecule has 1 fully saturated rings. The van der Waals surface area contributed by atoms with E-state index >= 15 is 0 Å². The van der Waals surface area contributed by atoms with Crippen LogP contribution in [-0.2, 0) is 10.3 Å². The summed E-state index contributed by atoms with van der Waals surface area (Å²) in [5, 5.41) is 8.76. The van der Waals surface area contributed by atoms with Gasteiger partial charge in [0, 0.05) is 40.0 Å². The summed E-state index contributed by atoms with van der Waals surface area (Å²) in [6.07, 6.45) is 2.11. The number of amides is 2. The van der Waals surface area contributed by atoms with E-state index in [1.807, 2.05) is 94.1 Å². The van der Waals surface area contributed by atoms with E-state index in [1.54, 1.807) is 31.5 Å². The second-order valence-electron chi connectivity index (χ2n) is 13.1. The fourth-order valence-corrected chi connectivity index (χ4v) is 5.77. The van der Waals surface area contributed by atoms with Crippen molar-refractivity contribution < 1.29 is 19.1 Å². The number of methoxy groups -OCH3 is 1. The van der Waals surface area contributed by atoms with Gasteiger partial charge >= 0.3 is 0 Å². The molecule has 2 N–H and O–H groups in total. The number of nitrogens with zero attached hydrogens (tertiary/aromatic N) is 2. The minimum absolute atomic E-state index is 0.00405. The Bertz CT molecular complexity index is 1670. The van der Waals surface area contributed by atoms with E-state index in [-0.39, 0.29) is 23.3 Å². The SMILES string of the molecule is COc1cnc(O[C@@H]2CCN(C(=O)[C@@H](Nc3ccc(C(=O)NC(C)(C)c4ccccc4)cc3)C(C)(C)C)C2)c2cc(Cl)ccc12. The molecule has 5 rings (SSSR count). The Labute approximate surface area is 270 Å². The zero-order chi connectivity index (χ0) is 32.4. The Morgan fingerprint density at radius 3 is 2.36 bits per heavy atom. The van der Waals surface area contributed by atoms with Crippen LogP contribution in [-0.4, -0.2) is 54.0 Å². The molecule has 4 aromatic rings. The quantitative estimate of drug-likeness (QED) is 0.206. The molecule has 9 heteroatoms. The average molecular weight is 629 g/mol. The molecule has 1 aliphatic rings. The normalized spacial score (nSPS) is 15.9. The highest BCUT2D eigenvalue weighted by Crippen LogP contribution is 2.34. The molecule has 0 radical (unpaired) electrons. The molecule has 2 atom stereocenters. The number of likely N-dealkylation sites (tertiary alicyclic amines) is 1. The number of anilines is 1. The van der Waals surface area contributed by atoms with Gasteiger partial charge in [-0.25, -0.2) is 4.98 Å². The minimum Gasteiger partial charge on any atom is -0.494 e. The molecule has 3 aromatic carbocycles. The zero-order valence-electron chi connectivity index (χ0n) is 26.7. The van der Waals surface area contributed by atoms with E-state index in [0.717, 1.165) is 22.0 Å². The van der Waals surface area contributed by atoms with Gasteiger partial charge in [-0.2, -0.15) is 0 Å². The molecule has 2 amide bonds. The third kappa shape index (κ3) is 7.34. The second kappa shape index (κ2) is 13.0. The molecule has 0 bridgehead atoms. The monoisotopic (exact) mass is 628 g/mol. The Kier molecular flexibility index (Phi) is 9.26. The summed E-state index contributed by atoms with van der Waals surface area (Å²) in [5.74, 6) is 0.939. The molecule has 8 nitrogen and oxygen atoms in total. The third-order valence-corrected chi connectivity index (χ3v) is 8.46. The van der Waals surface area contributed by atoms with Crippen molar-refractivity contribution in [3.05, 3.63) is 95.1 Å². The van der Waals surface area contributed by atoms with E-state index in [0.29, 0.717) is 41.7 Å². The number of hydrogen-bond donors (Lipinski definition) is 2.